The van der Waals surface area contributed by atoms with Gasteiger partial charge in [-0.15, -0.1) is 0 Å². The molecule has 1 amide bonds. The van der Waals surface area contributed by atoms with E-state index in [0.717, 1.165) is 22.9 Å². The second-order valence-electron chi connectivity index (χ2n) is 3.90. The summed E-state index contributed by atoms with van der Waals surface area (Å²) in [6.45, 7) is 4.22. The Morgan fingerprint density at radius 3 is 2.50 bits per heavy atom. The molecule has 0 aliphatic heterocycles. The van der Waals surface area contributed by atoms with Gasteiger partial charge in [-0.1, -0.05) is 35.8 Å². The van der Waals surface area contributed by atoms with Gasteiger partial charge in [0.25, 0.3) is 5.91 Å². The van der Waals surface area contributed by atoms with Crippen molar-refractivity contribution in [2.45, 2.75) is 32.7 Å². The molecule has 3 heteroatoms. The van der Waals surface area contributed by atoms with Crippen LogP contribution < -0.4 is 0 Å². The van der Waals surface area contributed by atoms with Crippen molar-refractivity contribution in [3.63, 3.8) is 0 Å². The predicted molar refractivity (Wildman–Crippen MR) is 70.6 cm³/mol. The topological polar surface area (TPSA) is 20.3 Å². The number of carbonyl (C=O) groups excluding carboxylic acids is 1. The summed E-state index contributed by atoms with van der Waals surface area (Å²) in [5.74, 6) is 0.0926. The molecule has 0 atom stereocenters. The molecule has 0 N–H and O–H groups in total. The molecule has 0 unspecified atom stereocenters. The number of hydrogen-bond acceptors (Lipinski definition) is 1. The second kappa shape index (κ2) is 6.04. The molecule has 0 saturated carbocycles. The maximum absolute atomic E-state index is 12.2. The molecule has 16 heavy (non-hydrogen) atoms. The van der Waals surface area contributed by atoms with Crippen LogP contribution >= 0.6 is 15.9 Å². The third kappa shape index (κ3) is 3.08. The summed E-state index contributed by atoms with van der Waals surface area (Å²) in [7, 11) is 1.88. The Kier molecular flexibility index (Phi) is 5.00. The van der Waals surface area contributed by atoms with Gasteiger partial charge in [-0.05, 0) is 31.0 Å². The smallest absolute Gasteiger partial charge is 0.253 e. The van der Waals surface area contributed by atoms with Crippen LogP contribution in [-0.4, -0.2) is 23.9 Å². The van der Waals surface area contributed by atoms with Crippen LogP contribution in [0.3, 0.4) is 0 Å². The summed E-state index contributed by atoms with van der Waals surface area (Å²) in [5, 5.41) is 0. The molecule has 0 bridgehead atoms. The van der Waals surface area contributed by atoms with Gasteiger partial charge in [0.2, 0.25) is 0 Å². The van der Waals surface area contributed by atoms with Crippen LogP contribution in [0.25, 0.3) is 0 Å². The van der Waals surface area contributed by atoms with Crippen LogP contribution in [0.15, 0.2) is 28.7 Å². The summed E-state index contributed by atoms with van der Waals surface area (Å²) >= 11 is 3.38. The molecule has 0 radical (unpaired) electrons. The Morgan fingerprint density at radius 1 is 1.38 bits per heavy atom. The summed E-state index contributed by atoms with van der Waals surface area (Å²) in [5.41, 5.74) is 0.740. The van der Waals surface area contributed by atoms with Crippen molar-refractivity contribution in [1.82, 2.24) is 4.90 Å². The van der Waals surface area contributed by atoms with E-state index in [9.17, 15) is 4.79 Å². The largest absolute Gasteiger partial charge is 0.339 e. The molecule has 2 nitrogen and oxygen atoms in total. The van der Waals surface area contributed by atoms with E-state index < -0.39 is 0 Å². The van der Waals surface area contributed by atoms with E-state index >= 15 is 0 Å². The van der Waals surface area contributed by atoms with E-state index in [0.29, 0.717) is 6.04 Å². The molecule has 0 aliphatic rings. The van der Waals surface area contributed by atoms with E-state index in [-0.39, 0.29) is 5.91 Å². The SMILES string of the molecule is CCC(CC)N(C)C(=O)c1cccc(Br)c1. The quantitative estimate of drug-likeness (QED) is 0.825. The Balaban J connectivity index is 2.85. The zero-order valence-corrected chi connectivity index (χ0v) is 11.6. The number of carbonyl (C=O) groups is 1. The monoisotopic (exact) mass is 283 g/mol. The highest BCUT2D eigenvalue weighted by Crippen LogP contribution is 2.15. The Bertz CT molecular complexity index is 361. The van der Waals surface area contributed by atoms with E-state index in [2.05, 4.69) is 29.8 Å². The van der Waals surface area contributed by atoms with Crippen LogP contribution in [0.1, 0.15) is 37.0 Å². The zero-order valence-electron chi connectivity index (χ0n) is 10.0. The molecule has 0 aliphatic carbocycles. The summed E-state index contributed by atoms with van der Waals surface area (Å²) in [6, 6.07) is 7.85. The lowest BCUT2D eigenvalue weighted by Crippen LogP contribution is -2.36. The molecule has 0 fully saturated rings. The first-order chi connectivity index (χ1) is 7.60. The first kappa shape index (κ1) is 13.2. The molecular formula is C13H18BrNO. The minimum atomic E-state index is 0.0926. The highest BCUT2D eigenvalue weighted by molar-refractivity contribution is 9.10. The molecule has 0 heterocycles. The molecule has 0 spiro atoms. The summed E-state index contributed by atoms with van der Waals surface area (Å²) in [6.07, 6.45) is 1.99. The number of benzene rings is 1. The number of nitrogens with zero attached hydrogens (tertiary/aromatic N) is 1. The first-order valence-corrected chi connectivity index (χ1v) is 6.42. The highest BCUT2D eigenvalue weighted by Gasteiger charge is 2.18. The van der Waals surface area contributed by atoms with Crippen molar-refractivity contribution in [3.8, 4) is 0 Å². The highest BCUT2D eigenvalue weighted by atomic mass is 79.9. The van der Waals surface area contributed by atoms with E-state index in [1.807, 2.05) is 36.2 Å². The Hall–Kier alpha value is -0.830. The van der Waals surface area contributed by atoms with Crippen molar-refractivity contribution < 1.29 is 4.79 Å². The van der Waals surface area contributed by atoms with Gasteiger partial charge in [0.15, 0.2) is 0 Å². The fourth-order valence-corrected chi connectivity index (χ4v) is 2.23. The van der Waals surface area contributed by atoms with Crippen molar-refractivity contribution in [2.75, 3.05) is 7.05 Å². The fourth-order valence-electron chi connectivity index (χ4n) is 1.83. The Labute approximate surface area is 106 Å². The Morgan fingerprint density at radius 2 is 2.00 bits per heavy atom. The minimum Gasteiger partial charge on any atom is -0.339 e. The van der Waals surface area contributed by atoms with Gasteiger partial charge >= 0.3 is 0 Å². The number of rotatable bonds is 4. The summed E-state index contributed by atoms with van der Waals surface area (Å²) < 4.78 is 0.941. The van der Waals surface area contributed by atoms with Crippen molar-refractivity contribution in [3.05, 3.63) is 34.3 Å². The predicted octanol–water partition coefficient (Wildman–Crippen LogP) is 3.71. The maximum atomic E-state index is 12.2. The van der Waals surface area contributed by atoms with Crippen LogP contribution in [0.5, 0.6) is 0 Å². The van der Waals surface area contributed by atoms with Crippen molar-refractivity contribution >= 4 is 21.8 Å². The van der Waals surface area contributed by atoms with Gasteiger partial charge in [0.1, 0.15) is 0 Å². The molecule has 0 aromatic heterocycles. The van der Waals surface area contributed by atoms with E-state index in [4.69, 9.17) is 0 Å². The number of amides is 1. The first-order valence-electron chi connectivity index (χ1n) is 5.62. The molecule has 1 aromatic carbocycles. The second-order valence-corrected chi connectivity index (χ2v) is 4.81. The lowest BCUT2D eigenvalue weighted by Gasteiger charge is -2.26. The average Bonchev–Trinajstić information content (AvgIpc) is 2.29. The van der Waals surface area contributed by atoms with Gasteiger partial charge in [-0.25, -0.2) is 0 Å². The lowest BCUT2D eigenvalue weighted by molar-refractivity contribution is 0.0723. The number of halogens is 1. The standard InChI is InChI=1S/C13H18BrNO/c1-4-12(5-2)15(3)13(16)10-7-6-8-11(14)9-10/h6-9,12H,4-5H2,1-3H3. The van der Waals surface area contributed by atoms with Crippen LogP contribution in [-0.2, 0) is 0 Å². The molecule has 0 saturated heterocycles. The fraction of sp³-hybridized carbons (Fsp3) is 0.462. The van der Waals surface area contributed by atoms with Gasteiger partial charge in [-0.2, -0.15) is 0 Å². The van der Waals surface area contributed by atoms with Gasteiger partial charge in [0.05, 0.1) is 0 Å². The van der Waals surface area contributed by atoms with Crippen molar-refractivity contribution in [1.29, 1.82) is 0 Å². The number of hydrogen-bond donors (Lipinski definition) is 0. The molecule has 1 rings (SSSR count). The molecular weight excluding hydrogens is 266 g/mol. The molecule has 88 valence electrons. The minimum absolute atomic E-state index is 0.0926. The molecule has 1 aromatic rings. The van der Waals surface area contributed by atoms with Crippen molar-refractivity contribution in [2.24, 2.45) is 0 Å². The van der Waals surface area contributed by atoms with E-state index in [1.165, 1.54) is 0 Å². The van der Waals surface area contributed by atoms with E-state index in [1.54, 1.807) is 0 Å². The van der Waals surface area contributed by atoms with Gasteiger partial charge in [-0.3, -0.25) is 4.79 Å². The van der Waals surface area contributed by atoms with Crippen LogP contribution in [0.4, 0.5) is 0 Å². The third-order valence-corrected chi connectivity index (χ3v) is 3.38. The van der Waals surface area contributed by atoms with Crippen LogP contribution in [0, 0.1) is 0 Å². The normalized spacial score (nSPS) is 10.6. The zero-order chi connectivity index (χ0) is 12.1. The average molecular weight is 284 g/mol. The third-order valence-electron chi connectivity index (χ3n) is 2.88. The van der Waals surface area contributed by atoms with Gasteiger partial charge in [0, 0.05) is 23.1 Å². The van der Waals surface area contributed by atoms with Crippen LogP contribution in [0.2, 0.25) is 0 Å². The van der Waals surface area contributed by atoms with Gasteiger partial charge < -0.3 is 4.90 Å². The summed E-state index contributed by atoms with van der Waals surface area (Å²) in [4.78, 5) is 14.0. The maximum Gasteiger partial charge on any atom is 0.253 e. The lowest BCUT2D eigenvalue weighted by atomic mass is 10.1.